The number of benzene rings is 2. The maximum atomic E-state index is 6.27. The Labute approximate surface area is 120 Å². The minimum Gasteiger partial charge on any atom is -0.363 e. The van der Waals surface area contributed by atoms with Crippen LogP contribution in [-0.4, -0.2) is 13.1 Å². The SMILES string of the molecule is CCc1ccc(C2CNCC(c3ccccc3)O2)cc1. The monoisotopic (exact) mass is 267 g/mol. The molecule has 2 heteroatoms. The number of nitrogens with one attached hydrogen (secondary N) is 1. The van der Waals surface area contributed by atoms with E-state index in [9.17, 15) is 0 Å². The molecule has 2 aromatic carbocycles. The molecule has 1 saturated heterocycles. The number of rotatable bonds is 3. The van der Waals surface area contributed by atoms with E-state index in [1.807, 2.05) is 6.07 Å². The van der Waals surface area contributed by atoms with Crippen LogP contribution in [0.2, 0.25) is 0 Å². The van der Waals surface area contributed by atoms with Crippen LogP contribution in [0.25, 0.3) is 0 Å². The fourth-order valence-corrected chi connectivity index (χ4v) is 2.67. The van der Waals surface area contributed by atoms with Crippen molar-refractivity contribution in [1.82, 2.24) is 5.32 Å². The summed E-state index contributed by atoms with van der Waals surface area (Å²) < 4.78 is 6.27. The highest BCUT2D eigenvalue weighted by Gasteiger charge is 2.24. The van der Waals surface area contributed by atoms with Gasteiger partial charge in [0.1, 0.15) is 0 Å². The highest BCUT2D eigenvalue weighted by molar-refractivity contribution is 5.25. The molecule has 0 spiro atoms. The maximum Gasteiger partial charge on any atom is 0.0958 e. The van der Waals surface area contributed by atoms with E-state index in [0.29, 0.717) is 0 Å². The van der Waals surface area contributed by atoms with Crippen molar-refractivity contribution in [2.75, 3.05) is 13.1 Å². The summed E-state index contributed by atoms with van der Waals surface area (Å²) in [5.41, 5.74) is 3.88. The number of morpholine rings is 1. The summed E-state index contributed by atoms with van der Waals surface area (Å²) in [6.07, 6.45) is 1.36. The summed E-state index contributed by atoms with van der Waals surface area (Å²) in [4.78, 5) is 0. The predicted molar refractivity (Wildman–Crippen MR) is 81.7 cm³/mol. The third kappa shape index (κ3) is 2.92. The molecule has 1 heterocycles. The van der Waals surface area contributed by atoms with Gasteiger partial charge in [0.2, 0.25) is 0 Å². The summed E-state index contributed by atoms with van der Waals surface area (Å²) in [6.45, 7) is 3.95. The van der Waals surface area contributed by atoms with Crippen LogP contribution in [0.15, 0.2) is 54.6 Å². The maximum absolute atomic E-state index is 6.27. The van der Waals surface area contributed by atoms with Gasteiger partial charge in [-0.15, -0.1) is 0 Å². The lowest BCUT2D eigenvalue weighted by atomic mass is 10.0. The molecule has 2 atom stereocenters. The number of ether oxygens (including phenoxy) is 1. The van der Waals surface area contributed by atoms with Crippen LogP contribution in [0.4, 0.5) is 0 Å². The average Bonchev–Trinajstić information content (AvgIpc) is 2.56. The molecule has 3 rings (SSSR count). The van der Waals surface area contributed by atoms with E-state index in [1.165, 1.54) is 16.7 Å². The molecule has 1 fully saturated rings. The molecule has 1 aliphatic heterocycles. The Balaban J connectivity index is 1.74. The lowest BCUT2D eigenvalue weighted by molar-refractivity contribution is -0.0406. The Morgan fingerprint density at radius 2 is 1.50 bits per heavy atom. The molecule has 0 bridgehead atoms. The van der Waals surface area contributed by atoms with Crippen LogP contribution in [-0.2, 0) is 11.2 Å². The summed E-state index contributed by atoms with van der Waals surface area (Å²) in [7, 11) is 0. The van der Waals surface area contributed by atoms with Crippen LogP contribution in [0.5, 0.6) is 0 Å². The highest BCUT2D eigenvalue weighted by atomic mass is 16.5. The van der Waals surface area contributed by atoms with Crippen LogP contribution in [0.1, 0.15) is 35.8 Å². The first kappa shape index (κ1) is 13.3. The van der Waals surface area contributed by atoms with Gasteiger partial charge in [0.15, 0.2) is 0 Å². The lowest BCUT2D eigenvalue weighted by Crippen LogP contribution is -2.35. The molecular weight excluding hydrogens is 246 g/mol. The first-order valence-electron chi connectivity index (χ1n) is 7.37. The minimum atomic E-state index is 0.139. The number of aryl methyl sites for hydroxylation is 1. The van der Waals surface area contributed by atoms with Crippen LogP contribution >= 0.6 is 0 Å². The Bertz CT molecular complexity index is 535. The van der Waals surface area contributed by atoms with Gasteiger partial charge in [0.25, 0.3) is 0 Å². The van der Waals surface area contributed by atoms with Crippen molar-refractivity contribution < 1.29 is 4.74 Å². The van der Waals surface area contributed by atoms with Gasteiger partial charge in [-0.1, -0.05) is 61.5 Å². The van der Waals surface area contributed by atoms with Gasteiger partial charge in [-0.25, -0.2) is 0 Å². The van der Waals surface area contributed by atoms with Gasteiger partial charge in [-0.2, -0.15) is 0 Å². The predicted octanol–water partition coefficient (Wildman–Crippen LogP) is 3.65. The number of hydrogen-bond donors (Lipinski definition) is 1. The second-order valence-corrected chi connectivity index (χ2v) is 5.28. The van der Waals surface area contributed by atoms with E-state index in [4.69, 9.17) is 4.74 Å². The van der Waals surface area contributed by atoms with Gasteiger partial charge in [-0.05, 0) is 23.1 Å². The standard InChI is InChI=1S/C18H21NO/c1-2-14-8-10-16(11-9-14)18-13-19-12-17(20-18)15-6-4-3-5-7-15/h3-11,17-19H,2,12-13H2,1H3. The summed E-state index contributed by atoms with van der Waals surface area (Å²) in [6, 6.07) is 19.2. The van der Waals surface area contributed by atoms with E-state index < -0.39 is 0 Å². The highest BCUT2D eigenvalue weighted by Crippen LogP contribution is 2.29. The zero-order valence-corrected chi connectivity index (χ0v) is 11.9. The first-order chi connectivity index (χ1) is 9.86. The smallest absolute Gasteiger partial charge is 0.0958 e. The molecule has 0 aromatic heterocycles. The molecule has 2 unspecified atom stereocenters. The van der Waals surface area contributed by atoms with Crippen molar-refractivity contribution in [3.63, 3.8) is 0 Å². The first-order valence-corrected chi connectivity index (χ1v) is 7.37. The fourth-order valence-electron chi connectivity index (χ4n) is 2.67. The third-order valence-corrected chi connectivity index (χ3v) is 3.92. The second-order valence-electron chi connectivity index (χ2n) is 5.28. The van der Waals surface area contributed by atoms with Crippen molar-refractivity contribution in [3.8, 4) is 0 Å². The van der Waals surface area contributed by atoms with Crippen LogP contribution in [0.3, 0.4) is 0 Å². The summed E-state index contributed by atoms with van der Waals surface area (Å²) >= 11 is 0. The van der Waals surface area contributed by atoms with E-state index in [0.717, 1.165) is 19.5 Å². The van der Waals surface area contributed by atoms with Gasteiger partial charge >= 0.3 is 0 Å². The Hall–Kier alpha value is -1.64. The van der Waals surface area contributed by atoms with Crippen molar-refractivity contribution in [3.05, 3.63) is 71.3 Å². The summed E-state index contributed by atoms with van der Waals surface area (Å²) in [5.74, 6) is 0. The third-order valence-electron chi connectivity index (χ3n) is 3.92. The van der Waals surface area contributed by atoms with Crippen molar-refractivity contribution in [1.29, 1.82) is 0 Å². The number of hydrogen-bond acceptors (Lipinski definition) is 2. The van der Waals surface area contributed by atoms with E-state index >= 15 is 0 Å². The van der Waals surface area contributed by atoms with Gasteiger partial charge < -0.3 is 10.1 Å². The molecule has 20 heavy (non-hydrogen) atoms. The zero-order chi connectivity index (χ0) is 13.8. The van der Waals surface area contributed by atoms with Crippen molar-refractivity contribution in [2.45, 2.75) is 25.6 Å². The molecule has 104 valence electrons. The normalized spacial score (nSPS) is 22.6. The molecule has 1 N–H and O–H groups in total. The fraction of sp³-hybridized carbons (Fsp3) is 0.333. The molecule has 1 aliphatic rings. The summed E-state index contributed by atoms with van der Waals surface area (Å²) in [5, 5.41) is 3.49. The van der Waals surface area contributed by atoms with E-state index in [1.54, 1.807) is 0 Å². The van der Waals surface area contributed by atoms with Gasteiger partial charge in [-0.3, -0.25) is 0 Å². The molecule has 0 aliphatic carbocycles. The Kier molecular flexibility index (Phi) is 4.14. The lowest BCUT2D eigenvalue weighted by Gasteiger charge is -2.31. The van der Waals surface area contributed by atoms with Crippen LogP contribution in [0, 0.1) is 0 Å². The van der Waals surface area contributed by atoms with Crippen LogP contribution < -0.4 is 5.32 Å². The average molecular weight is 267 g/mol. The van der Waals surface area contributed by atoms with Gasteiger partial charge in [0, 0.05) is 13.1 Å². The Morgan fingerprint density at radius 1 is 0.900 bits per heavy atom. The van der Waals surface area contributed by atoms with E-state index in [2.05, 4.69) is 60.8 Å². The minimum absolute atomic E-state index is 0.139. The Morgan fingerprint density at radius 3 is 2.10 bits per heavy atom. The quantitative estimate of drug-likeness (QED) is 0.916. The molecule has 0 amide bonds. The molecule has 0 radical (unpaired) electrons. The van der Waals surface area contributed by atoms with Crippen molar-refractivity contribution in [2.24, 2.45) is 0 Å². The molecular formula is C18H21NO. The van der Waals surface area contributed by atoms with Gasteiger partial charge in [0.05, 0.1) is 12.2 Å². The topological polar surface area (TPSA) is 21.3 Å². The largest absolute Gasteiger partial charge is 0.363 e. The second kappa shape index (κ2) is 6.21. The van der Waals surface area contributed by atoms with E-state index in [-0.39, 0.29) is 12.2 Å². The molecule has 0 saturated carbocycles. The molecule has 2 nitrogen and oxygen atoms in total. The molecule has 2 aromatic rings. The zero-order valence-electron chi connectivity index (χ0n) is 11.9. The van der Waals surface area contributed by atoms with Crippen molar-refractivity contribution >= 4 is 0 Å².